The summed E-state index contributed by atoms with van der Waals surface area (Å²) in [5.41, 5.74) is 1.83. The van der Waals surface area contributed by atoms with E-state index < -0.39 is 0 Å². The fraction of sp³-hybridized carbons (Fsp3) is 0.0833. The molecule has 2 aromatic rings. The molecule has 0 aliphatic carbocycles. The number of benzene rings is 1. The fourth-order valence-electron chi connectivity index (χ4n) is 1.36. The summed E-state index contributed by atoms with van der Waals surface area (Å²) in [7, 11) is 1.65. The number of hydrogen-bond acceptors (Lipinski definition) is 2. The summed E-state index contributed by atoms with van der Waals surface area (Å²) in [4.78, 5) is 0. The van der Waals surface area contributed by atoms with Crippen LogP contribution in [0.5, 0.6) is 5.75 Å². The van der Waals surface area contributed by atoms with Crippen LogP contribution < -0.4 is 4.74 Å². The third-order valence-corrected chi connectivity index (χ3v) is 2.18. The maximum absolute atomic E-state index is 5.15. The molecular weight excluding hydrogens is 188 g/mol. The topological polar surface area (TPSA) is 27.1 Å². The van der Waals surface area contributed by atoms with Gasteiger partial charge in [-0.15, -0.1) is 0 Å². The molecule has 2 rings (SSSR count). The van der Waals surface area contributed by atoms with Crippen molar-refractivity contribution in [2.75, 3.05) is 7.11 Å². The molecule has 3 nitrogen and oxygen atoms in total. The first kappa shape index (κ1) is 9.52. The molecule has 1 aromatic carbocycles. The predicted octanol–water partition coefficient (Wildman–Crippen LogP) is 2.41. The van der Waals surface area contributed by atoms with Crippen LogP contribution in [0.2, 0.25) is 0 Å². The second kappa shape index (κ2) is 4.00. The maximum atomic E-state index is 5.15. The van der Waals surface area contributed by atoms with Crippen LogP contribution in [0.3, 0.4) is 0 Å². The molecule has 0 aliphatic heterocycles. The van der Waals surface area contributed by atoms with Crippen LogP contribution in [-0.2, 0) is 0 Å². The van der Waals surface area contributed by atoms with Crippen LogP contribution in [0.15, 0.2) is 49.3 Å². The van der Waals surface area contributed by atoms with Gasteiger partial charge in [0.25, 0.3) is 0 Å². The van der Waals surface area contributed by atoms with Crippen LogP contribution in [0.25, 0.3) is 5.70 Å². The Morgan fingerprint density at radius 2 is 2.27 bits per heavy atom. The second-order valence-electron chi connectivity index (χ2n) is 3.13. The van der Waals surface area contributed by atoms with Gasteiger partial charge in [-0.2, -0.15) is 5.10 Å². The summed E-state index contributed by atoms with van der Waals surface area (Å²) < 4.78 is 6.88. The van der Waals surface area contributed by atoms with Gasteiger partial charge in [0, 0.05) is 18.0 Å². The van der Waals surface area contributed by atoms with Gasteiger partial charge in [0.2, 0.25) is 0 Å². The Kier molecular flexibility index (Phi) is 2.54. The van der Waals surface area contributed by atoms with Crippen LogP contribution in [0, 0.1) is 0 Å². The molecular formula is C12H12N2O. The molecule has 1 heterocycles. The first-order valence-electron chi connectivity index (χ1n) is 4.64. The largest absolute Gasteiger partial charge is 0.497 e. The van der Waals surface area contributed by atoms with Gasteiger partial charge in [-0.3, -0.25) is 0 Å². The molecule has 0 saturated carbocycles. The van der Waals surface area contributed by atoms with E-state index in [1.807, 2.05) is 36.5 Å². The summed E-state index contributed by atoms with van der Waals surface area (Å²) >= 11 is 0. The lowest BCUT2D eigenvalue weighted by atomic mass is 10.1. The average Bonchev–Trinajstić information content (AvgIpc) is 2.81. The van der Waals surface area contributed by atoms with Crippen LogP contribution in [0.1, 0.15) is 5.56 Å². The van der Waals surface area contributed by atoms with Gasteiger partial charge >= 0.3 is 0 Å². The van der Waals surface area contributed by atoms with Crippen molar-refractivity contribution in [1.29, 1.82) is 0 Å². The Balaban J connectivity index is 2.34. The van der Waals surface area contributed by atoms with Crippen molar-refractivity contribution in [2.45, 2.75) is 0 Å². The smallest absolute Gasteiger partial charge is 0.119 e. The lowest BCUT2D eigenvalue weighted by molar-refractivity contribution is 0.414. The molecule has 0 radical (unpaired) electrons. The van der Waals surface area contributed by atoms with E-state index in [-0.39, 0.29) is 0 Å². The lowest BCUT2D eigenvalue weighted by Gasteiger charge is -2.07. The van der Waals surface area contributed by atoms with Crippen molar-refractivity contribution in [3.05, 3.63) is 54.9 Å². The second-order valence-corrected chi connectivity index (χ2v) is 3.13. The minimum atomic E-state index is 0.820. The zero-order chi connectivity index (χ0) is 10.7. The lowest BCUT2D eigenvalue weighted by Crippen LogP contribution is -1.97. The molecule has 0 aliphatic rings. The molecule has 3 heteroatoms. The van der Waals surface area contributed by atoms with Gasteiger partial charge in [0.15, 0.2) is 0 Å². The summed E-state index contributed by atoms with van der Waals surface area (Å²) in [6.45, 7) is 3.99. The van der Waals surface area contributed by atoms with Crippen molar-refractivity contribution >= 4 is 5.70 Å². The third-order valence-electron chi connectivity index (χ3n) is 2.18. The van der Waals surface area contributed by atoms with Gasteiger partial charge in [-0.1, -0.05) is 18.7 Å². The summed E-state index contributed by atoms with van der Waals surface area (Å²) in [6, 6.07) is 9.62. The standard InChI is InChI=1S/C12H12N2O/c1-10(14-8-4-7-13-14)11-5-3-6-12(9-11)15-2/h3-9H,1H2,2H3. The molecule has 0 bridgehead atoms. The number of hydrogen-bond donors (Lipinski definition) is 0. The highest BCUT2D eigenvalue weighted by molar-refractivity contribution is 5.64. The highest BCUT2D eigenvalue weighted by Crippen LogP contribution is 2.19. The molecule has 0 N–H and O–H groups in total. The molecule has 1 aromatic heterocycles. The van der Waals surface area contributed by atoms with Gasteiger partial charge < -0.3 is 4.74 Å². The quantitative estimate of drug-likeness (QED) is 0.760. The Bertz CT molecular complexity index is 460. The number of rotatable bonds is 3. The van der Waals surface area contributed by atoms with Gasteiger partial charge in [-0.05, 0) is 18.2 Å². The van der Waals surface area contributed by atoms with Crippen molar-refractivity contribution in [2.24, 2.45) is 0 Å². The third kappa shape index (κ3) is 1.91. The van der Waals surface area contributed by atoms with E-state index in [2.05, 4.69) is 11.7 Å². The maximum Gasteiger partial charge on any atom is 0.119 e. The summed E-state index contributed by atoms with van der Waals surface area (Å²) in [6.07, 6.45) is 3.59. The van der Waals surface area contributed by atoms with Crippen LogP contribution in [0.4, 0.5) is 0 Å². The Morgan fingerprint density at radius 3 is 2.93 bits per heavy atom. The van der Waals surface area contributed by atoms with Crippen molar-refractivity contribution in [1.82, 2.24) is 9.78 Å². The van der Waals surface area contributed by atoms with E-state index in [4.69, 9.17) is 4.74 Å². The molecule has 0 spiro atoms. The first-order chi connectivity index (χ1) is 7.31. The summed E-state index contributed by atoms with van der Waals surface area (Å²) in [5, 5.41) is 4.12. The van der Waals surface area contributed by atoms with Gasteiger partial charge in [0.05, 0.1) is 12.8 Å². The molecule has 0 unspecified atom stereocenters. The molecule has 76 valence electrons. The number of nitrogens with zero attached hydrogens (tertiary/aromatic N) is 2. The van der Waals surface area contributed by atoms with Crippen molar-refractivity contribution < 1.29 is 4.74 Å². The number of methoxy groups -OCH3 is 1. The Morgan fingerprint density at radius 1 is 1.40 bits per heavy atom. The van der Waals surface area contributed by atoms with Gasteiger partial charge in [-0.25, -0.2) is 4.68 Å². The molecule has 15 heavy (non-hydrogen) atoms. The minimum absolute atomic E-state index is 0.820. The van der Waals surface area contributed by atoms with Crippen molar-refractivity contribution in [3.63, 3.8) is 0 Å². The highest BCUT2D eigenvalue weighted by Gasteiger charge is 2.02. The molecule has 0 saturated heterocycles. The molecule has 0 fully saturated rings. The van der Waals surface area contributed by atoms with E-state index in [0.717, 1.165) is 17.0 Å². The highest BCUT2D eigenvalue weighted by atomic mass is 16.5. The Hall–Kier alpha value is -2.03. The number of aromatic nitrogens is 2. The first-order valence-corrected chi connectivity index (χ1v) is 4.64. The number of ether oxygens (including phenoxy) is 1. The van der Waals surface area contributed by atoms with E-state index in [9.17, 15) is 0 Å². The van der Waals surface area contributed by atoms with E-state index in [1.54, 1.807) is 18.0 Å². The fourth-order valence-corrected chi connectivity index (χ4v) is 1.36. The van der Waals surface area contributed by atoms with Crippen LogP contribution >= 0.6 is 0 Å². The average molecular weight is 200 g/mol. The normalized spacial score (nSPS) is 9.93. The zero-order valence-electron chi connectivity index (χ0n) is 8.55. The monoisotopic (exact) mass is 200 g/mol. The minimum Gasteiger partial charge on any atom is -0.497 e. The molecule has 0 atom stereocenters. The van der Waals surface area contributed by atoms with Crippen LogP contribution in [-0.4, -0.2) is 16.9 Å². The SMILES string of the molecule is C=C(c1cccc(OC)c1)n1cccn1. The van der Waals surface area contributed by atoms with E-state index >= 15 is 0 Å². The van der Waals surface area contributed by atoms with Gasteiger partial charge in [0.1, 0.15) is 5.75 Å². The zero-order valence-corrected chi connectivity index (χ0v) is 8.55. The Labute approximate surface area is 88.6 Å². The summed E-state index contributed by atoms with van der Waals surface area (Å²) in [5.74, 6) is 0.820. The molecule has 0 amide bonds. The van der Waals surface area contributed by atoms with E-state index in [0.29, 0.717) is 0 Å². The predicted molar refractivity (Wildman–Crippen MR) is 59.7 cm³/mol. The van der Waals surface area contributed by atoms with E-state index in [1.165, 1.54) is 0 Å². The van der Waals surface area contributed by atoms with Crippen molar-refractivity contribution in [3.8, 4) is 5.75 Å².